The summed E-state index contributed by atoms with van der Waals surface area (Å²) in [4.78, 5) is 0. The second-order valence-electron chi connectivity index (χ2n) is 3.71. The van der Waals surface area contributed by atoms with Crippen LogP contribution in [0, 0.1) is 0 Å². The van der Waals surface area contributed by atoms with Crippen molar-refractivity contribution in [2.24, 2.45) is 0 Å². The van der Waals surface area contributed by atoms with Gasteiger partial charge in [-0.05, 0) is 0 Å². The predicted octanol–water partition coefficient (Wildman–Crippen LogP) is -0.508. The first-order chi connectivity index (χ1) is 8.91. The summed E-state index contributed by atoms with van der Waals surface area (Å²) in [5.74, 6) is 0. The van der Waals surface area contributed by atoms with Crippen LogP contribution in [0.5, 0.6) is 0 Å². The molecule has 0 amide bonds. The Kier molecular flexibility index (Phi) is 16.5. The van der Waals surface area contributed by atoms with Crippen LogP contribution >= 0.6 is 0 Å². The summed E-state index contributed by atoms with van der Waals surface area (Å²) < 4.78 is 20.6. The SMILES string of the molecule is COCCNCCOCCOCCNCCOC. The third-order valence-electron chi connectivity index (χ3n) is 2.18. The van der Waals surface area contributed by atoms with Crippen LogP contribution in [0.15, 0.2) is 0 Å². The summed E-state index contributed by atoms with van der Waals surface area (Å²) in [7, 11) is 3.39. The molecule has 0 aromatic heterocycles. The van der Waals surface area contributed by atoms with Gasteiger partial charge in [0.25, 0.3) is 0 Å². The Morgan fingerprint density at radius 2 is 0.944 bits per heavy atom. The van der Waals surface area contributed by atoms with Crippen LogP contribution in [-0.4, -0.2) is 80.0 Å². The fourth-order valence-electron chi connectivity index (χ4n) is 1.21. The van der Waals surface area contributed by atoms with Gasteiger partial charge in [-0.1, -0.05) is 0 Å². The molecule has 0 radical (unpaired) electrons. The van der Waals surface area contributed by atoms with Crippen LogP contribution in [0.4, 0.5) is 0 Å². The van der Waals surface area contributed by atoms with Gasteiger partial charge in [0.1, 0.15) is 0 Å². The number of ether oxygens (including phenoxy) is 4. The molecule has 0 heterocycles. The van der Waals surface area contributed by atoms with Crippen molar-refractivity contribution < 1.29 is 18.9 Å². The lowest BCUT2D eigenvalue weighted by atomic mass is 10.6. The fourth-order valence-corrected chi connectivity index (χ4v) is 1.21. The number of hydrogen-bond donors (Lipinski definition) is 2. The standard InChI is InChI=1S/C12H28N2O4/c1-15-7-3-13-5-9-17-11-12-18-10-6-14-4-8-16-2/h13-14H,3-12H2,1-2H3. The Hall–Kier alpha value is -0.240. The molecule has 0 spiro atoms. The van der Waals surface area contributed by atoms with Crippen molar-refractivity contribution in [3.05, 3.63) is 0 Å². The Morgan fingerprint density at radius 1 is 0.556 bits per heavy atom. The number of rotatable bonds is 15. The van der Waals surface area contributed by atoms with Crippen molar-refractivity contribution >= 4 is 0 Å². The molecule has 0 aromatic carbocycles. The van der Waals surface area contributed by atoms with Gasteiger partial charge >= 0.3 is 0 Å². The second-order valence-corrected chi connectivity index (χ2v) is 3.71. The molecule has 0 aromatic rings. The van der Waals surface area contributed by atoms with Crippen molar-refractivity contribution in [3.8, 4) is 0 Å². The summed E-state index contributed by atoms with van der Waals surface area (Å²) in [6.07, 6.45) is 0. The second kappa shape index (κ2) is 16.8. The molecule has 0 bridgehead atoms. The van der Waals surface area contributed by atoms with Gasteiger partial charge in [-0.15, -0.1) is 0 Å². The molecule has 2 N–H and O–H groups in total. The van der Waals surface area contributed by atoms with Gasteiger partial charge in [0.2, 0.25) is 0 Å². The van der Waals surface area contributed by atoms with E-state index in [2.05, 4.69) is 10.6 Å². The Morgan fingerprint density at radius 3 is 1.33 bits per heavy atom. The molecule has 0 aliphatic rings. The highest BCUT2D eigenvalue weighted by molar-refractivity contribution is 4.45. The molecule has 0 saturated heterocycles. The van der Waals surface area contributed by atoms with Crippen molar-refractivity contribution in [1.29, 1.82) is 0 Å². The topological polar surface area (TPSA) is 61.0 Å². The monoisotopic (exact) mass is 264 g/mol. The van der Waals surface area contributed by atoms with Crippen molar-refractivity contribution in [3.63, 3.8) is 0 Å². The van der Waals surface area contributed by atoms with E-state index in [1.165, 1.54) is 0 Å². The molecule has 0 aliphatic carbocycles. The summed E-state index contributed by atoms with van der Waals surface area (Å²) in [5.41, 5.74) is 0. The normalized spacial score (nSPS) is 11.0. The van der Waals surface area contributed by atoms with Gasteiger partial charge < -0.3 is 29.6 Å². The Balaban J connectivity index is 2.86. The lowest BCUT2D eigenvalue weighted by Gasteiger charge is -2.07. The highest BCUT2D eigenvalue weighted by Crippen LogP contribution is 1.78. The molecular formula is C12H28N2O4. The average molecular weight is 264 g/mol. The molecular weight excluding hydrogens is 236 g/mol. The fraction of sp³-hybridized carbons (Fsp3) is 1.00. The summed E-state index contributed by atoms with van der Waals surface area (Å²) >= 11 is 0. The molecule has 6 nitrogen and oxygen atoms in total. The van der Waals surface area contributed by atoms with Gasteiger partial charge in [-0.25, -0.2) is 0 Å². The maximum atomic E-state index is 5.39. The van der Waals surface area contributed by atoms with E-state index < -0.39 is 0 Å². The van der Waals surface area contributed by atoms with Gasteiger partial charge in [0.05, 0.1) is 39.6 Å². The molecule has 0 fully saturated rings. The van der Waals surface area contributed by atoms with E-state index >= 15 is 0 Å². The highest BCUT2D eigenvalue weighted by atomic mass is 16.5. The van der Waals surface area contributed by atoms with E-state index in [1.54, 1.807) is 14.2 Å². The first-order valence-corrected chi connectivity index (χ1v) is 6.46. The maximum absolute atomic E-state index is 5.39. The lowest BCUT2D eigenvalue weighted by molar-refractivity contribution is 0.0491. The van der Waals surface area contributed by atoms with Gasteiger partial charge in [-0.3, -0.25) is 0 Å². The molecule has 0 rings (SSSR count). The largest absolute Gasteiger partial charge is 0.383 e. The van der Waals surface area contributed by atoms with E-state index in [1.807, 2.05) is 0 Å². The van der Waals surface area contributed by atoms with Crippen molar-refractivity contribution in [2.75, 3.05) is 80.0 Å². The third kappa shape index (κ3) is 15.8. The molecule has 0 unspecified atom stereocenters. The van der Waals surface area contributed by atoms with Crippen molar-refractivity contribution in [1.82, 2.24) is 10.6 Å². The van der Waals surface area contributed by atoms with E-state index in [0.717, 1.165) is 39.4 Å². The zero-order valence-electron chi connectivity index (χ0n) is 11.7. The first-order valence-electron chi connectivity index (χ1n) is 6.46. The predicted molar refractivity (Wildman–Crippen MR) is 71.1 cm³/mol. The maximum Gasteiger partial charge on any atom is 0.0701 e. The Labute approximate surface area is 110 Å². The number of hydrogen-bond acceptors (Lipinski definition) is 6. The molecule has 0 saturated carbocycles. The number of methoxy groups -OCH3 is 2. The molecule has 0 aliphatic heterocycles. The summed E-state index contributed by atoms with van der Waals surface area (Å²) in [5, 5.41) is 6.41. The van der Waals surface area contributed by atoms with Crippen LogP contribution in [0.25, 0.3) is 0 Å². The molecule has 18 heavy (non-hydrogen) atoms. The van der Waals surface area contributed by atoms with Crippen LogP contribution in [0.2, 0.25) is 0 Å². The van der Waals surface area contributed by atoms with E-state index in [0.29, 0.717) is 26.4 Å². The van der Waals surface area contributed by atoms with Crippen LogP contribution in [-0.2, 0) is 18.9 Å². The minimum Gasteiger partial charge on any atom is -0.383 e. The van der Waals surface area contributed by atoms with E-state index in [9.17, 15) is 0 Å². The Bertz CT molecular complexity index is 134. The van der Waals surface area contributed by atoms with Crippen molar-refractivity contribution in [2.45, 2.75) is 0 Å². The summed E-state index contributed by atoms with van der Waals surface area (Å²) in [6, 6.07) is 0. The zero-order chi connectivity index (χ0) is 13.3. The minimum atomic E-state index is 0.643. The first kappa shape index (κ1) is 17.8. The summed E-state index contributed by atoms with van der Waals surface area (Å²) in [6.45, 7) is 7.60. The lowest BCUT2D eigenvalue weighted by Crippen LogP contribution is -2.25. The molecule has 0 atom stereocenters. The van der Waals surface area contributed by atoms with Crippen LogP contribution in [0.1, 0.15) is 0 Å². The van der Waals surface area contributed by atoms with Crippen LogP contribution < -0.4 is 10.6 Å². The van der Waals surface area contributed by atoms with Gasteiger partial charge in [-0.2, -0.15) is 0 Å². The van der Waals surface area contributed by atoms with Crippen LogP contribution in [0.3, 0.4) is 0 Å². The smallest absolute Gasteiger partial charge is 0.0701 e. The van der Waals surface area contributed by atoms with Gasteiger partial charge in [0.15, 0.2) is 0 Å². The average Bonchev–Trinajstić information content (AvgIpc) is 2.39. The highest BCUT2D eigenvalue weighted by Gasteiger charge is 1.91. The van der Waals surface area contributed by atoms with Gasteiger partial charge in [0, 0.05) is 40.4 Å². The molecule has 6 heteroatoms. The zero-order valence-corrected chi connectivity index (χ0v) is 11.7. The molecule has 110 valence electrons. The van der Waals surface area contributed by atoms with E-state index in [4.69, 9.17) is 18.9 Å². The van der Waals surface area contributed by atoms with E-state index in [-0.39, 0.29) is 0 Å². The third-order valence-corrected chi connectivity index (χ3v) is 2.18. The minimum absolute atomic E-state index is 0.643. The number of nitrogens with one attached hydrogen (secondary N) is 2. The quantitative estimate of drug-likeness (QED) is 0.389.